The molecule has 2 nitrogen and oxygen atoms in total. The Morgan fingerprint density at radius 2 is 2.17 bits per heavy atom. The molecule has 0 aliphatic heterocycles. The minimum Gasteiger partial charge on any atom is -0.271 e. The van der Waals surface area contributed by atoms with Crippen molar-refractivity contribution in [2.75, 3.05) is 0 Å². The summed E-state index contributed by atoms with van der Waals surface area (Å²) in [7, 11) is 0. The second-order valence-electron chi connectivity index (χ2n) is 4.32. The molecule has 0 aliphatic carbocycles. The molecule has 1 aromatic rings. The fourth-order valence-corrected chi connectivity index (χ4v) is 2.40. The first-order chi connectivity index (χ1) is 8.69. The summed E-state index contributed by atoms with van der Waals surface area (Å²) in [4.78, 5) is 0. The standard InChI is InChI=1S/C14H20BrClN2/c1-2-3-4-5-6-7-14(18-17)11-8-9-13(16)12(15)10-11/h2,8-10,14,18H,1,3-7,17H2. The van der Waals surface area contributed by atoms with Gasteiger partial charge in [-0.25, -0.2) is 0 Å². The quantitative estimate of drug-likeness (QED) is 0.312. The number of benzene rings is 1. The lowest BCUT2D eigenvalue weighted by Crippen LogP contribution is -2.28. The van der Waals surface area contributed by atoms with E-state index in [1.807, 2.05) is 24.3 Å². The third-order valence-electron chi connectivity index (χ3n) is 2.95. The topological polar surface area (TPSA) is 38.0 Å². The summed E-state index contributed by atoms with van der Waals surface area (Å²) >= 11 is 9.42. The largest absolute Gasteiger partial charge is 0.271 e. The molecule has 3 N–H and O–H groups in total. The van der Waals surface area contributed by atoms with Crippen LogP contribution in [-0.4, -0.2) is 0 Å². The summed E-state index contributed by atoms with van der Waals surface area (Å²) in [5.74, 6) is 5.62. The Hall–Kier alpha value is -0.350. The molecule has 1 rings (SSSR count). The monoisotopic (exact) mass is 330 g/mol. The number of halogens is 2. The van der Waals surface area contributed by atoms with Gasteiger partial charge in [0.2, 0.25) is 0 Å². The Labute approximate surface area is 123 Å². The molecule has 0 fully saturated rings. The van der Waals surface area contributed by atoms with Crippen molar-refractivity contribution in [2.45, 2.75) is 38.1 Å². The molecule has 0 saturated carbocycles. The molecule has 0 bridgehead atoms. The SMILES string of the molecule is C=CCCCCCC(NN)c1ccc(Cl)c(Br)c1. The number of nitrogens with two attached hydrogens (primary N) is 1. The molecule has 0 aliphatic rings. The van der Waals surface area contributed by atoms with Crippen LogP contribution in [0.15, 0.2) is 35.3 Å². The first-order valence-corrected chi connectivity index (χ1v) is 7.38. The molecule has 1 atom stereocenters. The maximum Gasteiger partial charge on any atom is 0.0548 e. The van der Waals surface area contributed by atoms with Crippen LogP contribution < -0.4 is 11.3 Å². The smallest absolute Gasteiger partial charge is 0.0548 e. The Kier molecular flexibility index (Phi) is 7.59. The maximum absolute atomic E-state index is 5.98. The van der Waals surface area contributed by atoms with E-state index >= 15 is 0 Å². The molecule has 0 amide bonds. The van der Waals surface area contributed by atoms with Crippen molar-refractivity contribution in [1.29, 1.82) is 0 Å². The van der Waals surface area contributed by atoms with E-state index < -0.39 is 0 Å². The molecule has 0 heterocycles. The molecule has 4 heteroatoms. The highest BCUT2D eigenvalue weighted by molar-refractivity contribution is 9.10. The van der Waals surface area contributed by atoms with E-state index in [-0.39, 0.29) is 6.04 Å². The van der Waals surface area contributed by atoms with Gasteiger partial charge in [0, 0.05) is 10.5 Å². The fraction of sp³-hybridized carbons (Fsp3) is 0.429. The molecule has 0 spiro atoms. The van der Waals surface area contributed by atoms with E-state index in [9.17, 15) is 0 Å². The number of nitrogens with one attached hydrogen (secondary N) is 1. The molecular formula is C14H20BrClN2. The van der Waals surface area contributed by atoms with Gasteiger partial charge in [0.1, 0.15) is 0 Å². The molecule has 1 unspecified atom stereocenters. The van der Waals surface area contributed by atoms with Gasteiger partial charge in [-0.2, -0.15) is 0 Å². The second kappa shape index (κ2) is 8.70. The van der Waals surface area contributed by atoms with Gasteiger partial charge >= 0.3 is 0 Å². The Morgan fingerprint density at radius 3 is 2.78 bits per heavy atom. The first-order valence-electron chi connectivity index (χ1n) is 6.21. The number of hydrogen-bond donors (Lipinski definition) is 2. The average molecular weight is 332 g/mol. The van der Waals surface area contributed by atoms with Gasteiger partial charge in [-0.05, 0) is 52.9 Å². The molecule has 1 aromatic carbocycles. The maximum atomic E-state index is 5.98. The van der Waals surface area contributed by atoms with E-state index in [1.165, 1.54) is 12.8 Å². The molecule has 0 saturated heterocycles. The van der Waals surface area contributed by atoms with Crippen LogP contribution >= 0.6 is 27.5 Å². The van der Waals surface area contributed by atoms with E-state index in [0.29, 0.717) is 0 Å². The summed E-state index contributed by atoms with van der Waals surface area (Å²) in [5.41, 5.74) is 4.04. The Balaban J connectivity index is 2.49. The van der Waals surface area contributed by atoms with Gasteiger partial charge in [-0.3, -0.25) is 11.3 Å². The van der Waals surface area contributed by atoms with Crippen molar-refractivity contribution in [3.8, 4) is 0 Å². The number of hydrazine groups is 1. The van der Waals surface area contributed by atoms with Crippen molar-refractivity contribution in [2.24, 2.45) is 5.84 Å². The van der Waals surface area contributed by atoms with Gasteiger partial charge in [-0.1, -0.05) is 36.6 Å². The van der Waals surface area contributed by atoms with Gasteiger partial charge in [-0.15, -0.1) is 6.58 Å². The van der Waals surface area contributed by atoms with Crippen LogP contribution in [0.1, 0.15) is 43.7 Å². The Morgan fingerprint density at radius 1 is 1.39 bits per heavy atom. The van der Waals surface area contributed by atoms with Crippen LogP contribution in [0.2, 0.25) is 5.02 Å². The minimum atomic E-state index is 0.183. The van der Waals surface area contributed by atoms with Gasteiger partial charge < -0.3 is 0 Å². The zero-order valence-electron chi connectivity index (χ0n) is 10.5. The molecule has 0 radical (unpaired) electrons. The molecule has 18 heavy (non-hydrogen) atoms. The van der Waals surface area contributed by atoms with Crippen molar-refractivity contribution in [3.05, 3.63) is 45.9 Å². The normalized spacial score (nSPS) is 12.4. The lowest BCUT2D eigenvalue weighted by atomic mass is 10.0. The second-order valence-corrected chi connectivity index (χ2v) is 5.58. The first kappa shape index (κ1) is 15.7. The molecule has 0 aromatic heterocycles. The highest BCUT2D eigenvalue weighted by Gasteiger charge is 2.10. The average Bonchev–Trinajstić information content (AvgIpc) is 2.37. The summed E-state index contributed by atoms with van der Waals surface area (Å²) in [6.07, 6.45) is 7.65. The van der Waals surface area contributed by atoms with E-state index in [4.69, 9.17) is 17.4 Å². The summed E-state index contributed by atoms with van der Waals surface area (Å²) < 4.78 is 0.911. The summed E-state index contributed by atoms with van der Waals surface area (Å²) in [6, 6.07) is 6.11. The predicted octanol–water partition coefficient (Wildman–Crippen LogP) is 4.74. The van der Waals surface area contributed by atoms with E-state index in [1.54, 1.807) is 0 Å². The van der Waals surface area contributed by atoms with Gasteiger partial charge in [0.05, 0.1) is 5.02 Å². The Bertz CT molecular complexity index is 382. The highest BCUT2D eigenvalue weighted by atomic mass is 79.9. The third-order valence-corrected chi connectivity index (χ3v) is 4.16. The van der Waals surface area contributed by atoms with Gasteiger partial charge in [0.15, 0.2) is 0 Å². The number of rotatable bonds is 8. The van der Waals surface area contributed by atoms with Crippen LogP contribution in [0, 0.1) is 0 Å². The van der Waals surface area contributed by atoms with Crippen molar-refractivity contribution in [1.82, 2.24) is 5.43 Å². The predicted molar refractivity (Wildman–Crippen MR) is 82.5 cm³/mol. The molecule has 100 valence electrons. The number of allylic oxidation sites excluding steroid dienone is 1. The van der Waals surface area contributed by atoms with Gasteiger partial charge in [0.25, 0.3) is 0 Å². The van der Waals surface area contributed by atoms with E-state index in [0.717, 1.165) is 34.3 Å². The van der Waals surface area contributed by atoms with Crippen molar-refractivity contribution in [3.63, 3.8) is 0 Å². The summed E-state index contributed by atoms with van der Waals surface area (Å²) in [6.45, 7) is 3.73. The van der Waals surface area contributed by atoms with Crippen LogP contribution in [0.25, 0.3) is 0 Å². The molecular weight excluding hydrogens is 312 g/mol. The number of hydrogen-bond acceptors (Lipinski definition) is 2. The van der Waals surface area contributed by atoms with Crippen LogP contribution in [0.5, 0.6) is 0 Å². The zero-order valence-corrected chi connectivity index (χ0v) is 12.8. The van der Waals surface area contributed by atoms with Crippen LogP contribution in [-0.2, 0) is 0 Å². The highest BCUT2D eigenvalue weighted by Crippen LogP contribution is 2.27. The van der Waals surface area contributed by atoms with Crippen LogP contribution in [0.3, 0.4) is 0 Å². The third kappa shape index (κ3) is 5.11. The van der Waals surface area contributed by atoms with E-state index in [2.05, 4.69) is 27.9 Å². The van der Waals surface area contributed by atoms with Crippen molar-refractivity contribution < 1.29 is 0 Å². The van der Waals surface area contributed by atoms with Crippen molar-refractivity contribution >= 4 is 27.5 Å². The fourth-order valence-electron chi connectivity index (χ4n) is 1.89. The lowest BCUT2D eigenvalue weighted by Gasteiger charge is -2.16. The lowest BCUT2D eigenvalue weighted by molar-refractivity contribution is 0.484. The summed E-state index contributed by atoms with van der Waals surface area (Å²) in [5, 5.41) is 0.723. The zero-order chi connectivity index (χ0) is 13.4. The minimum absolute atomic E-state index is 0.183. The number of unbranched alkanes of at least 4 members (excludes halogenated alkanes) is 3. The van der Waals surface area contributed by atoms with Crippen LogP contribution in [0.4, 0.5) is 0 Å².